The molecular weight excluding hydrogens is 421 g/mol. The number of Topliss-reactive ketones (excluding diaryl/α,β-unsaturated/α-hetero) is 1. The van der Waals surface area contributed by atoms with E-state index in [0.29, 0.717) is 52.6 Å². The van der Waals surface area contributed by atoms with Gasteiger partial charge in [-0.1, -0.05) is 12.1 Å². The third-order valence-corrected chi connectivity index (χ3v) is 5.93. The number of hydrogen-bond donors (Lipinski definition) is 2. The van der Waals surface area contributed by atoms with Crippen molar-refractivity contribution in [2.75, 3.05) is 6.54 Å². The van der Waals surface area contributed by atoms with Gasteiger partial charge in [-0.2, -0.15) is 13.2 Å². The van der Waals surface area contributed by atoms with Crippen molar-refractivity contribution in [2.24, 2.45) is 0 Å². The molecular formula is C23H23F3N4O2. The molecule has 32 heavy (non-hydrogen) atoms. The second kappa shape index (κ2) is 7.96. The number of aryl methyl sites for hydroxylation is 1. The van der Waals surface area contributed by atoms with Crippen LogP contribution in [0, 0.1) is 13.8 Å². The Morgan fingerprint density at radius 2 is 1.94 bits per heavy atom. The van der Waals surface area contributed by atoms with E-state index in [9.17, 15) is 22.8 Å². The van der Waals surface area contributed by atoms with Gasteiger partial charge in [-0.25, -0.2) is 4.98 Å². The van der Waals surface area contributed by atoms with Crippen molar-refractivity contribution >= 4 is 11.7 Å². The molecule has 1 atom stereocenters. The first-order valence-corrected chi connectivity index (χ1v) is 10.3. The Morgan fingerprint density at radius 1 is 1.19 bits per heavy atom. The zero-order valence-corrected chi connectivity index (χ0v) is 17.9. The minimum absolute atomic E-state index is 0.106. The Labute approximate surface area is 182 Å². The number of aromatic amines is 2. The second-order valence-electron chi connectivity index (χ2n) is 8.10. The zero-order chi connectivity index (χ0) is 23.2. The summed E-state index contributed by atoms with van der Waals surface area (Å²) in [6.07, 6.45) is -1.49. The van der Waals surface area contributed by atoms with E-state index in [1.807, 2.05) is 0 Å². The Balaban J connectivity index is 1.62. The summed E-state index contributed by atoms with van der Waals surface area (Å²) in [4.78, 5) is 37.4. The molecule has 9 heteroatoms. The number of H-pyrrole nitrogens is 2. The second-order valence-corrected chi connectivity index (χ2v) is 8.10. The number of alkyl halides is 3. The maximum Gasteiger partial charge on any atom is 0.416 e. The number of ketones is 1. The summed E-state index contributed by atoms with van der Waals surface area (Å²) in [6.45, 7) is 5.50. The summed E-state index contributed by atoms with van der Waals surface area (Å²) in [5.74, 6) is 0.193. The van der Waals surface area contributed by atoms with E-state index in [4.69, 9.17) is 0 Å². The van der Waals surface area contributed by atoms with Crippen LogP contribution in [0.2, 0.25) is 0 Å². The normalized spacial score (nSPS) is 16.6. The highest BCUT2D eigenvalue weighted by Gasteiger charge is 2.35. The van der Waals surface area contributed by atoms with Gasteiger partial charge < -0.3 is 14.9 Å². The summed E-state index contributed by atoms with van der Waals surface area (Å²) >= 11 is 0. The van der Waals surface area contributed by atoms with Crippen LogP contribution in [0.25, 0.3) is 11.3 Å². The molecule has 0 aliphatic carbocycles. The average Bonchev–Trinajstić information content (AvgIpc) is 3.45. The lowest BCUT2D eigenvalue weighted by molar-refractivity contribution is -0.137. The Morgan fingerprint density at radius 3 is 2.59 bits per heavy atom. The molecule has 6 nitrogen and oxygen atoms in total. The maximum absolute atomic E-state index is 13.3. The molecule has 0 saturated carbocycles. The van der Waals surface area contributed by atoms with E-state index >= 15 is 0 Å². The summed E-state index contributed by atoms with van der Waals surface area (Å²) in [7, 11) is 0. The minimum atomic E-state index is -4.43. The van der Waals surface area contributed by atoms with Crippen molar-refractivity contribution in [2.45, 2.75) is 45.8 Å². The number of hydrogen-bond acceptors (Lipinski definition) is 3. The highest BCUT2D eigenvalue weighted by molar-refractivity contribution is 6.02. The topological polar surface area (TPSA) is 81.8 Å². The van der Waals surface area contributed by atoms with Gasteiger partial charge in [-0.05, 0) is 51.3 Å². The maximum atomic E-state index is 13.3. The van der Waals surface area contributed by atoms with Crippen LogP contribution in [0.4, 0.5) is 13.2 Å². The number of carbonyl (C=O) groups excluding carboxylic acids is 2. The van der Waals surface area contributed by atoms with Crippen LogP contribution in [-0.4, -0.2) is 38.1 Å². The fourth-order valence-electron chi connectivity index (χ4n) is 4.45. The zero-order valence-electron chi connectivity index (χ0n) is 17.9. The Bertz CT molecular complexity index is 1190. The van der Waals surface area contributed by atoms with Gasteiger partial charge in [-0.15, -0.1) is 0 Å². The molecule has 2 aromatic heterocycles. The van der Waals surface area contributed by atoms with Crippen molar-refractivity contribution in [3.63, 3.8) is 0 Å². The lowest BCUT2D eigenvalue weighted by atomic mass is 10.1. The van der Waals surface area contributed by atoms with Crippen LogP contribution < -0.4 is 0 Å². The van der Waals surface area contributed by atoms with Crippen LogP contribution in [-0.2, 0) is 6.18 Å². The summed E-state index contributed by atoms with van der Waals surface area (Å²) in [5.41, 5.74) is 2.27. The van der Waals surface area contributed by atoms with Gasteiger partial charge in [0.15, 0.2) is 5.78 Å². The van der Waals surface area contributed by atoms with Gasteiger partial charge in [0, 0.05) is 23.4 Å². The van der Waals surface area contributed by atoms with Crippen molar-refractivity contribution in [3.05, 3.63) is 64.4 Å². The Hall–Kier alpha value is -3.36. The molecule has 1 aromatic carbocycles. The summed E-state index contributed by atoms with van der Waals surface area (Å²) in [5, 5.41) is 0. The third kappa shape index (κ3) is 3.83. The van der Waals surface area contributed by atoms with Crippen molar-refractivity contribution in [3.8, 4) is 11.3 Å². The standard InChI is InChI=1S/C23H23F3N4O2/c1-12-19(14(3)31)13(2)28-20(12)22(32)30-9-5-8-18(30)21-27-11-17(29-21)15-6-4-7-16(10-15)23(24,25)26/h4,6-7,10-11,18,28H,5,8-9H2,1-3H3,(H,27,29). The molecule has 1 unspecified atom stereocenters. The van der Waals surface area contributed by atoms with Crippen LogP contribution in [0.15, 0.2) is 30.5 Å². The number of rotatable bonds is 4. The van der Waals surface area contributed by atoms with Crippen molar-refractivity contribution in [1.29, 1.82) is 0 Å². The predicted octanol–water partition coefficient (Wildman–Crippen LogP) is 5.22. The van der Waals surface area contributed by atoms with E-state index in [2.05, 4.69) is 15.0 Å². The molecule has 168 valence electrons. The molecule has 1 saturated heterocycles. The lowest BCUT2D eigenvalue weighted by Gasteiger charge is -2.23. The first kappa shape index (κ1) is 21.9. The van der Waals surface area contributed by atoms with Crippen molar-refractivity contribution in [1.82, 2.24) is 19.9 Å². The van der Waals surface area contributed by atoms with Gasteiger partial charge >= 0.3 is 6.18 Å². The summed E-state index contributed by atoms with van der Waals surface area (Å²) in [6, 6.07) is 4.70. The van der Waals surface area contributed by atoms with Crippen LogP contribution in [0.1, 0.15) is 69.3 Å². The minimum Gasteiger partial charge on any atom is -0.354 e. The highest BCUT2D eigenvalue weighted by Crippen LogP contribution is 2.35. The largest absolute Gasteiger partial charge is 0.416 e. The number of benzene rings is 1. The number of nitrogens with zero attached hydrogens (tertiary/aromatic N) is 2. The smallest absolute Gasteiger partial charge is 0.354 e. The SMILES string of the molecule is CC(=O)c1c(C)[nH]c(C(=O)N2CCCC2c2ncc(-c3cccc(C(F)(F)F)c3)[nH]2)c1C. The van der Waals surface area contributed by atoms with E-state index in [1.165, 1.54) is 19.2 Å². The van der Waals surface area contributed by atoms with Gasteiger partial charge in [0.05, 0.1) is 23.5 Å². The first-order valence-electron chi connectivity index (χ1n) is 10.3. The van der Waals surface area contributed by atoms with Gasteiger partial charge in [0.25, 0.3) is 5.91 Å². The third-order valence-electron chi connectivity index (χ3n) is 5.93. The molecule has 1 aliphatic heterocycles. The number of halogens is 3. The molecule has 1 fully saturated rings. The fraction of sp³-hybridized carbons (Fsp3) is 0.348. The van der Waals surface area contributed by atoms with Crippen molar-refractivity contribution < 1.29 is 22.8 Å². The fourth-order valence-corrected chi connectivity index (χ4v) is 4.45. The van der Waals surface area contributed by atoms with Gasteiger partial charge in [-0.3, -0.25) is 9.59 Å². The Kier molecular flexibility index (Phi) is 5.44. The van der Waals surface area contributed by atoms with Crippen LogP contribution in [0.5, 0.6) is 0 Å². The van der Waals surface area contributed by atoms with Crippen LogP contribution >= 0.6 is 0 Å². The van der Waals surface area contributed by atoms with E-state index in [1.54, 1.807) is 24.8 Å². The quantitative estimate of drug-likeness (QED) is 0.542. The van der Waals surface area contributed by atoms with Gasteiger partial charge in [0.2, 0.25) is 0 Å². The average molecular weight is 444 g/mol. The summed E-state index contributed by atoms with van der Waals surface area (Å²) < 4.78 is 39.2. The number of carbonyl (C=O) groups is 2. The van der Waals surface area contributed by atoms with Gasteiger partial charge in [0.1, 0.15) is 11.5 Å². The molecule has 3 aromatic rings. The predicted molar refractivity (Wildman–Crippen MR) is 112 cm³/mol. The molecule has 0 radical (unpaired) electrons. The molecule has 1 aliphatic rings. The number of nitrogens with one attached hydrogen (secondary N) is 2. The number of imidazole rings is 1. The monoisotopic (exact) mass is 444 g/mol. The molecule has 4 rings (SSSR count). The first-order chi connectivity index (χ1) is 15.1. The number of likely N-dealkylation sites (tertiary alicyclic amines) is 1. The van der Waals surface area contributed by atoms with Crippen LogP contribution in [0.3, 0.4) is 0 Å². The van der Waals surface area contributed by atoms with E-state index in [-0.39, 0.29) is 17.7 Å². The molecule has 0 spiro atoms. The number of aromatic nitrogens is 3. The lowest BCUT2D eigenvalue weighted by Crippen LogP contribution is -2.31. The molecule has 3 heterocycles. The highest BCUT2D eigenvalue weighted by atomic mass is 19.4. The van der Waals surface area contributed by atoms with E-state index < -0.39 is 11.7 Å². The molecule has 0 bridgehead atoms. The molecule has 1 amide bonds. The van der Waals surface area contributed by atoms with E-state index in [0.717, 1.165) is 18.6 Å². The molecule has 2 N–H and O–H groups in total. The number of amides is 1.